The number of fused-ring (bicyclic) bond motifs is 1. The average Bonchev–Trinajstić information content (AvgIpc) is 2.64. The number of aromatic nitrogens is 1. The Kier molecular flexibility index (Phi) is 2.81. The highest BCUT2D eigenvalue weighted by molar-refractivity contribution is 5.85. The van der Waals surface area contributed by atoms with Crippen LogP contribution in [0.5, 0.6) is 0 Å². The minimum atomic E-state index is -1.01. The molecule has 0 radical (unpaired) electrons. The van der Waals surface area contributed by atoms with Crippen LogP contribution in [-0.2, 0) is 12.8 Å². The summed E-state index contributed by atoms with van der Waals surface area (Å²) in [5.74, 6) is 0.229. The molecule has 2 N–H and O–H groups in total. The van der Waals surface area contributed by atoms with Gasteiger partial charge in [0.1, 0.15) is 0 Å². The first-order valence-corrected chi connectivity index (χ1v) is 5.60. The van der Waals surface area contributed by atoms with E-state index in [4.69, 9.17) is 5.11 Å². The molecule has 0 aliphatic heterocycles. The molecule has 16 heavy (non-hydrogen) atoms. The summed E-state index contributed by atoms with van der Waals surface area (Å²) in [6.45, 7) is 4.05. The van der Waals surface area contributed by atoms with Crippen LogP contribution in [0.15, 0.2) is 6.20 Å². The van der Waals surface area contributed by atoms with Gasteiger partial charge >= 0.3 is 6.09 Å². The number of carboxylic acid groups (broad SMARTS) is 1. The molecule has 2 rings (SSSR count). The fourth-order valence-corrected chi connectivity index (χ4v) is 2.25. The van der Waals surface area contributed by atoms with Crippen molar-refractivity contribution in [2.75, 3.05) is 5.32 Å². The van der Waals surface area contributed by atoms with Gasteiger partial charge < -0.3 is 5.11 Å². The molecule has 0 atom stereocenters. The highest BCUT2D eigenvalue weighted by Gasteiger charge is 2.21. The second kappa shape index (κ2) is 4.12. The Morgan fingerprint density at radius 1 is 1.50 bits per heavy atom. The Morgan fingerprint density at radius 3 is 2.88 bits per heavy atom. The minimum Gasteiger partial charge on any atom is -0.465 e. The van der Waals surface area contributed by atoms with Gasteiger partial charge in [-0.05, 0) is 36.3 Å². The third-order valence-electron chi connectivity index (χ3n) is 2.96. The Hall–Kier alpha value is -1.58. The maximum absolute atomic E-state index is 10.8. The number of pyridine rings is 1. The van der Waals surface area contributed by atoms with Crippen molar-refractivity contribution < 1.29 is 9.90 Å². The van der Waals surface area contributed by atoms with Crippen LogP contribution < -0.4 is 5.32 Å². The minimum absolute atomic E-state index is 0.229. The number of carbonyl (C=O) groups is 1. The van der Waals surface area contributed by atoms with Gasteiger partial charge in [-0.1, -0.05) is 13.8 Å². The molecule has 86 valence electrons. The number of aryl methyl sites for hydroxylation is 1. The second-order valence-electron chi connectivity index (χ2n) is 4.46. The van der Waals surface area contributed by atoms with Crippen LogP contribution in [0.2, 0.25) is 0 Å². The average molecular weight is 220 g/mol. The van der Waals surface area contributed by atoms with Gasteiger partial charge in [0.15, 0.2) is 0 Å². The number of nitrogens with zero attached hydrogens (tertiary/aromatic N) is 1. The Bertz CT molecular complexity index is 427. The number of nitrogens with one attached hydrogen (secondary N) is 1. The number of anilines is 1. The van der Waals surface area contributed by atoms with E-state index >= 15 is 0 Å². The zero-order valence-corrected chi connectivity index (χ0v) is 9.58. The van der Waals surface area contributed by atoms with Crippen molar-refractivity contribution in [2.24, 2.45) is 0 Å². The summed E-state index contributed by atoms with van der Waals surface area (Å²) in [4.78, 5) is 15.2. The third kappa shape index (κ3) is 1.87. The number of rotatable bonds is 2. The smallest absolute Gasteiger partial charge is 0.409 e. The summed E-state index contributed by atoms with van der Waals surface area (Å²) in [6, 6.07) is 0. The molecular weight excluding hydrogens is 204 g/mol. The number of hydrogen-bond donors (Lipinski definition) is 2. The van der Waals surface area contributed by atoms with E-state index in [2.05, 4.69) is 10.3 Å². The Balaban J connectivity index is 2.50. The molecule has 0 aromatic carbocycles. The maximum Gasteiger partial charge on any atom is 0.409 e. The lowest BCUT2D eigenvalue weighted by molar-refractivity contribution is 0.209. The van der Waals surface area contributed by atoms with E-state index in [1.54, 1.807) is 0 Å². The summed E-state index contributed by atoms with van der Waals surface area (Å²) in [7, 11) is 0. The number of amides is 1. The van der Waals surface area contributed by atoms with Gasteiger partial charge in [-0.2, -0.15) is 0 Å². The number of hydrogen-bond acceptors (Lipinski definition) is 2. The van der Waals surface area contributed by atoms with Crippen molar-refractivity contribution in [3.63, 3.8) is 0 Å². The van der Waals surface area contributed by atoms with Crippen molar-refractivity contribution in [3.05, 3.63) is 23.0 Å². The molecule has 1 aliphatic carbocycles. The van der Waals surface area contributed by atoms with Crippen LogP contribution in [0.1, 0.15) is 43.0 Å². The first-order chi connectivity index (χ1) is 7.59. The van der Waals surface area contributed by atoms with Crippen LogP contribution >= 0.6 is 0 Å². The lowest BCUT2D eigenvalue weighted by Gasteiger charge is -2.15. The van der Waals surface area contributed by atoms with Gasteiger partial charge in [-0.25, -0.2) is 4.79 Å². The third-order valence-corrected chi connectivity index (χ3v) is 2.96. The van der Waals surface area contributed by atoms with E-state index in [-0.39, 0.29) is 5.92 Å². The van der Waals surface area contributed by atoms with E-state index in [1.165, 1.54) is 5.56 Å². The van der Waals surface area contributed by atoms with Crippen molar-refractivity contribution in [1.82, 2.24) is 4.98 Å². The fraction of sp³-hybridized carbons (Fsp3) is 0.500. The monoisotopic (exact) mass is 220 g/mol. The normalized spacial score (nSPS) is 13.9. The van der Waals surface area contributed by atoms with Gasteiger partial charge in [-0.15, -0.1) is 0 Å². The molecule has 0 spiro atoms. The molecule has 1 amide bonds. The second-order valence-corrected chi connectivity index (χ2v) is 4.46. The standard InChI is InChI=1S/C12H16N2O2/c1-7(2)10-11(14-12(15)16)9-5-3-4-8(9)6-13-10/h6-7,14H,3-5H2,1-2H3,(H,15,16). The zero-order chi connectivity index (χ0) is 11.7. The Labute approximate surface area is 94.7 Å². The summed E-state index contributed by atoms with van der Waals surface area (Å²) in [6.07, 6.45) is 3.93. The van der Waals surface area contributed by atoms with Crippen LogP contribution in [0, 0.1) is 0 Å². The van der Waals surface area contributed by atoms with E-state index in [1.807, 2.05) is 20.0 Å². The topological polar surface area (TPSA) is 62.2 Å². The lowest BCUT2D eigenvalue weighted by atomic mass is 10.0. The van der Waals surface area contributed by atoms with Gasteiger partial charge in [0.05, 0.1) is 11.4 Å². The first-order valence-electron chi connectivity index (χ1n) is 5.60. The van der Waals surface area contributed by atoms with E-state index in [9.17, 15) is 4.79 Å². The molecule has 0 unspecified atom stereocenters. The van der Waals surface area contributed by atoms with E-state index < -0.39 is 6.09 Å². The van der Waals surface area contributed by atoms with Crippen molar-refractivity contribution in [3.8, 4) is 0 Å². The molecule has 1 aromatic rings. The molecule has 0 fully saturated rings. The van der Waals surface area contributed by atoms with E-state index in [0.29, 0.717) is 0 Å². The molecule has 0 saturated heterocycles. The fourth-order valence-electron chi connectivity index (χ4n) is 2.25. The van der Waals surface area contributed by atoms with Crippen LogP contribution in [-0.4, -0.2) is 16.2 Å². The molecule has 0 saturated carbocycles. The molecule has 4 heteroatoms. The molecule has 1 aromatic heterocycles. The van der Waals surface area contributed by atoms with Gasteiger partial charge in [0.25, 0.3) is 0 Å². The van der Waals surface area contributed by atoms with E-state index in [0.717, 1.165) is 36.2 Å². The Morgan fingerprint density at radius 2 is 2.25 bits per heavy atom. The highest BCUT2D eigenvalue weighted by Crippen LogP contribution is 2.33. The highest BCUT2D eigenvalue weighted by atomic mass is 16.4. The predicted octanol–water partition coefficient (Wildman–Crippen LogP) is 2.78. The molecule has 0 bridgehead atoms. The summed E-state index contributed by atoms with van der Waals surface area (Å²) in [5.41, 5.74) is 3.90. The zero-order valence-electron chi connectivity index (χ0n) is 9.58. The summed E-state index contributed by atoms with van der Waals surface area (Å²) in [5, 5.41) is 11.4. The maximum atomic E-state index is 10.8. The largest absolute Gasteiger partial charge is 0.465 e. The van der Waals surface area contributed by atoms with Crippen molar-refractivity contribution in [2.45, 2.75) is 39.0 Å². The molecule has 1 aliphatic rings. The van der Waals surface area contributed by atoms with Gasteiger partial charge in [-0.3, -0.25) is 10.3 Å². The van der Waals surface area contributed by atoms with Crippen molar-refractivity contribution >= 4 is 11.8 Å². The van der Waals surface area contributed by atoms with Gasteiger partial charge in [0.2, 0.25) is 0 Å². The molecular formula is C12H16N2O2. The van der Waals surface area contributed by atoms with Crippen molar-refractivity contribution in [1.29, 1.82) is 0 Å². The quantitative estimate of drug-likeness (QED) is 0.805. The van der Waals surface area contributed by atoms with Crippen LogP contribution in [0.4, 0.5) is 10.5 Å². The van der Waals surface area contributed by atoms with Gasteiger partial charge in [0, 0.05) is 6.20 Å². The molecule has 4 nitrogen and oxygen atoms in total. The lowest BCUT2D eigenvalue weighted by Crippen LogP contribution is -2.13. The summed E-state index contributed by atoms with van der Waals surface area (Å²) < 4.78 is 0. The van der Waals surface area contributed by atoms with Crippen LogP contribution in [0.25, 0.3) is 0 Å². The SMILES string of the molecule is CC(C)c1ncc2c(c1NC(=O)O)CCC2. The molecule has 1 heterocycles. The first kappa shape index (κ1) is 10.9. The summed E-state index contributed by atoms with van der Waals surface area (Å²) >= 11 is 0. The van der Waals surface area contributed by atoms with Crippen LogP contribution in [0.3, 0.4) is 0 Å². The predicted molar refractivity (Wildman–Crippen MR) is 62.0 cm³/mol.